The van der Waals surface area contributed by atoms with Crippen molar-refractivity contribution in [1.29, 1.82) is 0 Å². The molecule has 180 valence electrons. The average Bonchev–Trinajstić information content (AvgIpc) is 3.19. The summed E-state index contributed by atoms with van der Waals surface area (Å²) in [6.45, 7) is 1.92. The molecule has 1 heterocycles. The molecule has 6 rings (SSSR count). The summed E-state index contributed by atoms with van der Waals surface area (Å²) in [4.78, 5) is 7.21. The lowest BCUT2D eigenvalue weighted by molar-refractivity contribution is -0.0574. The number of nitrogens with zero attached hydrogens (tertiary/aromatic N) is 3. The van der Waals surface area contributed by atoms with Gasteiger partial charge in [0.05, 0.1) is 18.2 Å². The van der Waals surface area contributed by atoms with Crippen LogP contribution in [-0.4, -0.2) is 52.4 Å². The van der Waals surface area contributed by atoms with Crippen LogP contribution in [0.5, 0.6) is 5.75 Å². The van der Waals surface area contributed by atoms with Crippen LogP contribution in [0.25, 0.3) is 16.6 Å². The van der Waals surface area contributed by atoms with Gasteiger partial charge in [-0.1, -0.05) is 42.5 Å². The molecule has 3 aliphatic rings. The van der Waals surface area contributed by atoms with E-state index in [4.69, 9.17) is 9.72 Å². The van der Waals surface area contributed by atoms with Gasteiger partial charge in [0.1, 0.15) is 17.1 Å². The Balaban J connectivity index is 1.15. The van der Waals surface area contributed by atoms with Gasteiger partial charge in [0.15, 0.2) is 0 Å². The van der Waals surface area contributed by atoms with E-state index in [0.29, 0.717) is 5.92 Å². The maximum Gasteiger partial charge on any atom is 0.146 e. The van der Waals surface area contributed by atoms with Gasteiger partial charge in [0.2, 0.25) is 0 Å². The van der Waals surface area contributed by atoms with Crippen LogP contribution in [0.1, 0.15) is 43.5 Å². The minimum absolute atomic E-state index is 0.274. The number of fused-ring (bicyclic) bond motifs is 3. The predicted octanol–water partition coefficient (Wildman–Crippen LogP) is 5.08. The van der Waals surface area contributed by atoms with Gasteiger partial charge in [-0.3, -0.25) is 0 Å². The second-order valence-electron chi connectivity index (χ2n) is 10.2. The molecule has 0 unspecified atom stereocenters. The van der Waals surface area contributed by atoms with E-state index >= 15 is 0 Å². The van der Waals surface area contributed by atoms with Crippen molar-refractivity contribution in [3.8, 4) is 5.75 Å². The van der Waals surface area contributed by atoms with Gasteiger partial charge in [-0.05, 0) is 74.9 Å². The lowest BCUT2D eigenvalue weighted by Gasteiger charge is -2.48. The van der Waals surface area contributed by atoms with E-state index in [1.807, 2.05) is 12.1 Å². The molecule has 3 atom stereocenters. The van der Waals surface area contributed by atoms with Gasteiger partial charge in [-0.25, -0.2) is 4.98 Å². The number of hydrogen-bond acceptors (Lipinski definition) is 4. The number of benzene rings is 2. The maximum atomic E-state index is 11.5. The molecule has 2 aromatic carbocycles. The zero-order valence-electron chi connectivity index (χ0n) is 20.7. The van der Waals surface area contributed by atoms with Gasteiger partial charge >= 0.3 is 0 Å². The first-order valence-electron chi connectivity index (χ1n) is 12.6. The second kappa shape index (κ2) is 9.55. The van der Waals surface area contributed by atoms with Crippen LogP contribution in [0, 0.1) is 11.8 Å². The van der Waals surface area contributed by atoms with Crippen molar-refractivity contribution >= 4 is 16.6 Å². The van der Waals surface area contributed by atoms with Gasteiger partial charge in [-0.2, -0.15) is 0 Å². The molecule has 1 aromatic heterocycles. The summed E-state index contributed by atoms with van der Waals surface area (Å²) in [7, 11) is 5.95. The van der Waals surface area contributed by atoms with Crippen LogP contribution in [0.3, 0.4) is 0 Å². The van der Waals surface area contributed by atoms with E-state index in [1.54, 1.807) is 7.11 Å². The standard InChI is InChI=1S/C29H37N3O2/c1-31(17-8-13-27-30-28-25(32(27)2)11-7-12-26(28)34-3)18-16-29(33)20-22-14-15-23(29)19-24(22)21-9-5-4-6-10-21/h4-7,9-12,19,22-23,33H,8,13-18,20H2,1-3H3/t22-,23+,29-/m1/s1. The topological polar surface area (TPSA) is 50.5 Å². The van der Waals surface area contributed by atoms with E-state index in [0.717, 1.165) is 67.8 Å². The molecule has 0 saturated heterocycles. The molecule has 1 fully saturated rings. The second-order valence-corrected chi connectivity index (χ2v) is 10.2. The number of aryl methyl sites for hydroxylation is 2. The number of aliphatic hydroxyl groups is 1. The quantitative estimate of drug-likeness (QED) is 0.485. The van der Waals surface area contributed by atoms with Gasteiger partial charge in [0.25, 0.3) is 0 Å². The zero-order valence-corrected chi connectivity index (χ0v) is 20.7. The highest BCUT2D eigenvalue weighted by atomic mass is 16.5. The van der Waals surface area contributed by atoms with E-state index in [-0.39, 0.29) is 5.92 Å². The molecule has 0 aliphatic heterocycles. The lowest BCUT2D eigenvalue weighted by atomic mass is 9.61. The Labute approximate surface area is 203 Å². The normalized spacial score (nSPS) is 24.1. The lowest BCUT2D eigenvalue weighted by Crippen LogP contribution is -2.48. The first-order chi connectivity index (χ1) is 16.5. The SMILES string of the molecule is COc1cccc2c1nc(CCCN(C)CC[C@@]1(O)C[C@H]3CC[C@H]1C=C3c1ccccc1)n2C. The van der Waals surface area contributed by atoms with Crippen LogP contribution in [-0.2, 0) is 13.5 Å². The van der Waals surface area contributed by atoms with Crippen molar-refractivity contribution in [2.24, 2.45) is 18.9 Å². The Morgan fingerprint density at radius 1 is 1.12 bits per heavy atom. The van der Waals surface area contributed by atoms with E-state index < -0.39 is 5.60 Å². The molecule has 0 amide bonds. The summed E-state index contributed by atoms with van der Waals surface area (Å²) in [5.41, 5.74) is 4.27. The monoisotopic (exact) mass is 459 g/mol. The highest BCUT2D eigenvalue weighted by Gasteiger charge is 2.46. The predicted molar refractivity (Wildman–Crippen MR) is 138 cm³/mol. The summed E-state index contributed by atoms with van der Waals surface area (Å²) in [5.74, 6) is 2.68. The van der Waals surface area contributed by atoms with Crippen molar-refractivity contribution < 1.29 is 9.84 Å². The largest absolute Gasteiger partial charge is 0.494 e. The Hall–Kier alpha value is -2.63. The molecular weight excluding hydrogens is 422 g/mol. The highest BCUT2D eigenvalue weighted by Crippen LogP contribution is 2.51. The summed E-state index contributed by atoms with van der Waals surface area (Å²) in [6, 6.07) is 16.8. The highest BCUT2D eigenvalue weighted by molar-refractivity contribution is 5.82. The number of ether oxygens (including phenoxy) is 1. The summed E-state index contributed by atoms with van der Waals surface area (Å²) in [5, 5.41) is 11.5. The molecule has 0 radical (unpaired) electrons. The fraction of sp³-hybridized carbons (Fsp3) is 0.483. The van der Waals surface area contributed by atoms with Crippen molar-refractivity contribution in [2.75, 3.05) is 27.2 Å². The first kappa shape index (κ1) is 23.1. The van der Waals surface area contributed by atoms with E-state index in [2.05, 4.69) is 66.0 Å². The Kier molecular flexibility index (Phi) is 6.50. The first-order valence-corrected chi connectivity index (χ1v) is 12.6. The Morgan fingerprint density at radius 3 is 2.68 bits per heavy atom. The van der Waals surface area contributed by atoms with E-state index in [1.165, 1.54) is 17.6 Å². The molecule has 5 nitrogen and oxygen atoms in total. The zero-order chi connectivity index (χ0) is 23.7. The van der Waals surface area contributed by atoms with E-state index in [9.17, 15) is 5.11 Å². The third-order valence-electron chi connectivity index (χ3n) is 8.10. The number of allylic oxidation sites excluding steroid dienone is 1. The van der Waals surface area contributed by atoms with Gasteiger partial charge < -0.3 is 19.3 Å². The van der Waals surface area contributed by atoms with Crippen molar-refractivity contribution in [2.45, 2.75) is 44.1 Å². The smallest absolute Gasteiger partial charge is 0.146 e. The van der Waals surface area contributed by atoms with Gasteiger partial charge in [-0.15, -0.1) is 0 Å². The molecule has 3 aromatic rings. The van der Waals surface area contributed by atoms with Crippen molar-refractivity contribution in [1.82, 2.24) is 14.5 Å². The van der Waals surface area contributed by atoms with Crippen LogP contribution < -0.4 is 4.74 Å². The van der Waals surface area contributed by atoms with Crippen LogP contribution in [0.15, 0.2) is 54.6 Å². The number of para-hydroxylation sites is 1. The molecule has 34 heavy (non-hydrogen) atoms. The summed E-state index contributed by atoms with van der Waals surface area (Å²) < 4.78 is 7.65. The molecule has 1 N–H and O–H groups in total. The van der Waals surface area contributed by atoms with Crippen LogP contribution in [0.4, 0.5) is 0 Å². The number of hydrogen-bond donors (Lipinski definition) is 1. The third-order valence-corrected chi connectivity index (χ3v) is 8.10. The fourth-order valence-electron chi connectivity index (χ4n) is 6.06. The van der Waals surface area contributed by atoms with Crippen molar-refractivity contribution in [3.63, 3.8) is 0 Å². The van der Waals surface area contributed by atoms with Crippen molar-refractivity contribution in [3.05, 3.63) is 66.0 Å². The number of methoxy groups -OCH3 is 1. The summed E-state index contributed by atoms with van der Waals surface area (Å²) >= 11 is 0. The molecule has 3 aliphatic carbocycles. The Morgan fingerprint density at radius 2 is 1.94 bits per heavy atom. The summed E-state index contributed by atoms with van der Waals surface area (Å²) in [6.07, 6.45) is 8.40. The minimum atomic E-state index is -0.566. The molecule has 5 heteroatoms. The number of rotatable bonds is 9. The van der Waals surface area contributed by atoms with Crippen LogP contribution >= 0.6 is 0 Å². The molecule has 2 bridgehead atoms. The minimum Gasteiger partial charge on any atom is -0.494 e. The molecular formula is C29H37N3O2. The maximum absolute atomic E-state index is 11.5. The number of imidazole rings is 1. The molecule has 0 spiro atoms. The Bertz CT molecular complexity index is 1170. The molecule has 1 saturated carbocycles. The van der Waals surface area contributed by atoms with Gasteiger partial charge in [0, 0.05) is 25.9 Å². The average molecular weight is 460 g/mol. The number of aromatic nitrogens is 2. The third kappa shape index (κ3) is 4.39. The van der Waals surface area contributed by atoms with Crippen LogP contribution in [0.2, 0.25) is 0 Å². The fourth-order valence-corrected chi connectivity index (χ4v) is 6.06.